The van der Waals surface area contributed by atoms with Crippen molar-refractivity contribution in [2.75, 3.05) is 25.2 Å². The van der Waals surface area contributed by atoms with E-state index in [0.29, 0.717) is 24.5 Å². The molecule has 0 radical (unpaired) electrons. The van der Waals surface area contributed by atoms with Gasteiger partial charge in [-0.2, -0.15) is 0 Å². The Balaban J connectivity index is 1.56. The number of benzene rings is 2. The smallest absolute Gasteiger partial charge is 0.360 e. The number of thioether (sulfide) groups is 1. The molecule has 4 rings (SSSR count). The molecular weight excluding hydrogens is 462 g/mol. The molecule has 1 saturated heterocycles. The molecule has 0 saturated carbocycles. The van der Waals surface area contributed by atoms with Crippen LogP contribution in [0.4, 0.5) is 5.69 Å². The Labute approximate surface area is 201 Å². The maximum Gasteiger partial charge on any atom is 0.360 e. The van der Waals surface area contributed by atoms with E-state index in [0.717, 1.165) is 16.1 Å². The Morgan fingerprint density at radius 2 is 2.06 bits per heavy atom. The second-order valence-corrected chi connectivity index (χ2v) is 9.08. The SMILES string of the molecule is COC(=O)c1cn([C@H]2C[C@@H](C(=O)Nc3cccc(SC)c3)N(Cc3cccc(Cl)c3)C2)nn1. The first-order chi connectivity index (χ1) is 16.0. The monoisotopic (exact) mass is 485 g/mol. The van der Waals surface area contributed by atoms with Crippen molar-refractivity contribution in [3.05, 3.63) is 71.0 Å². The average molecular weight is 486 g/mol. The van der Waals surface area contributed by atoms with E-state index in [2.05, 4.69) is 20.5 Å². The number of likely N-dealkylation sites (tertiary alicyclic amines) is 1. The molecule has 1 aliphatic rings. The number of amides is 1. The van der Waals surface area contributed by atoms with Gasteiger partial charge in [0.1, 0.15) is 0 Å². The minimum Gasteiger partial charge on any atom is -0.464 e. The summed E-state index contributed by atoms with van der Waals surface area (Å²) in [6.07, 6.45) is 4.09. The first kappa shape index (κ1) is 23.3. The van der Waals surface area contributed by atoms with Crippen molar-refractivity contribution in [1.29, 1.82) is 0 Å². The Bertz CT molecular complexity index is 1150. The molecule has 2 atom stereocenters. The number of hydrogen-bond acceptors (Lipinski definition) is 7. The summed E-state index contributed by atoms with van der Waals surface area (Å²) < 4.78 is 6.36. The van der Waals surface area contributed by atoms with Gasteiger partial charge in [-0.1, -0.05) is 35.0 Å². The number of hydrogen-bond donors (Lipinski definition) is 1. The Morgan fingerprint density at radius 1 is 1.24 bits per heavy atom. The Kier molecular flexibility index (Phi) is 7.32. The van der Waals surface area contributed by atoms with Crippen LogP contribution in [0.2, 0.25) is 5.02 Å². The van der Waals surface area contributed by atoms with Crippen molar-refractivity contribution >= 4 is 40.9 Å². The number of ether oxygens (including phenoxy) is 1. The maximum atomic E-state index is 13.3. The van der Waals surface area contributed by atoms with E-state index in [4.69, 9.17) is 16.3 Å². The molecule has 172 valence electrons. The molecule has 1 fully saturated rings. The fourth-order valence-corrected chi connectivity index (χ4v) is 4.64. The summed E-state index contributed by atoms with van der Waals surface area (Å²) in [5.74, 6) is -0.635. The third-order valence-corrected chi connectivity index (χ3v) is 6.54. The number of aromatic nitrogens is 3. The number of rotatable bonds is 7. The summed E-state index contributed by atoms with van der Waals surface area (Å²) in [4.78, 5) is 28.3. The van der Waals surface area contributed by atoms with E-state index >= 15 is 0 Å². The quantitative estimate of drug-likeness (QED) is 0.401. The molecule has 33 heavy (non-hydrogen) atoms. The summed E-state index contributed by atoms with van der Waals surface area (Å²) in [5.41, 5.74) is 1.91. The van der Waals surface area contributed by atoms with Crippen molar-refractivity contribution in [2.45, 2.75) is 29.9 Å². The minimum atomic E-state index is -0.544. The summed E-state index contributed by atoms with van der Waals surface area (Å²) in [7, 11) is 1.30. The first-order valence-electron chi connectivity index (χ1n) is 10.4. The molecule has 2 aromatic carbocycles. The van der Waals surface area contributed by atoms with Gasteiger partial charge >= 0.3 is 5.97 Å². The number of nitrogens with one attached hydrogen (secondary N) is 1. The summed E-state index contributed by atoms with van der Waals surface area (Å²) in [5, 5.41) is 11.7. The zero-order chi connectivity index (χ0) is 23.4. The molecule has 1 amide bonds. The number of anilines is 1. The summed E-state index contributed by atoms with van der Waals surface area (Å²) in [6, 6.07) is 14.9. The molecule has 0 aliphatic carbocycles. The molecule has 3 aromatic rings. The van der Waals surface area contributed by atoms with Crippen LogP contribution in [0.1, 0.15) is 28.5 Å². The molecule has 0 unspecified atom stereocenters. The summed E-state index contributed by atoms with van der Waals surface area (Å²) >= 11 is 7.79. The van der Waals surface area contributed by atoms with Crippen LogP contribution in [-0.4, -0.2) is 57.7 Å². The van der Waals surface area contributed by atoms with Crippen molar-refractivity contribution in [3.8, 4) is 0 Å². The van der Waals surface area contributed by atoms with Gasteiger partial charge in [0.25, 0.3) is 0 Å². The zero-order valence-electron chi connectivity index (χ0n) is 18.3. The van der Waals surface area contributed by atoms with Gasteiger partial charge in [0.15, 0.2) is 5.69 Å². The van der Waals surface area contributed by atoms with Crippen LogP contribution in [0, 0.1) is 0 Å². The van der Waals surface area contributed by atoms with E-state index in [1.165, 1.54) is 7.11 Å². The van der Waals surface area contributed by atoms with E-state index in [-0.39, 0.29) is 17.6 Å². The van der Waals surface area contributed by atoms with Crippen molar-refractivity contribution in [2.24, 2.45) is 0 Å². The van der Waals surface area contributed by atoms with Gasteiger partial charge in [0.2, 0.25) is 5.91 Å². The lowest BCUT2D eigenvalue weighted by atomic mass is 10.1. The lowest BCUT2D eigenvalue weighted by Crippen LogP contribution is -2.39. The highest BCUT2D eigenvalue weighted by molar-refractivity contribution is 7.98. The van der Waals surface area contributed by atoms with Gasteiger partial charge in [0, 0.05) is 28.7 Å². The van der Waals surface area contributed by atoms with Crippen LogP contribution in [0.25, 0.3) is 0 Å². The van der Waals surface area contributed by atoms with Crippen LogP contribution >= 0.6 is 23.4 Å². The molecule has 1 N–H and O–H groups in total. The lowest BCUT2D eigenvalue weighted by molar-refractivity contribution is -0.120. The van der Waals surface area contributed by atoms with E-state index in [1.54, 1.807) is 22.6 Å². The minimum absolute atomic E-state index is 0.0916. The normalized spacial score (nSPS) is 18.3. The van der Waals surface area contributed by atoms with Crippen LogP contribution in [0.15, 0.2) is 59.6 Å². The number of halogens is 1. The van der Waals surface area contributed by atoms with Crippen LogP contribution in [0.3, 0.4) is 0 Å². The number of nitrogens with zero attached hydrogens (tertiary/aromatic N) is 4. The lowest BCUT2D eigenvalue weighted by Gasteiger charge is -2.23. The second-order valence-electron chi connectivity index (χ2n) is 7.76. The van der Waals surface area contributed by atoms with Crippen molar-refractivity contribution in [1.82, 2.24) is 19.9 Å². The van der Waals surface area contributed by atoms with Gasteiger partial charge in [-0.15, -0.1) is 16.9 Å². The largest absolute Gasteiger partial charge is 0.464 e. The molecule has 8 nitrogen and oxygen atoms in total. The molecule has 0 spiro atoms. The number of carbonyl (C=O) groups excluding carboxylic acids is 2. The van der Waals surface area contributed by atoms with E-state index < -0.39 is 12.0 Å². The average Bonchev–Trinajstić information content (AvgIpc) is 3.46. The molecule has 1 aliphatic heterocycles. The Hall–Kier alpha value is -2.88. The fraction of sp³-hybridized carbons (Fsp3) is 0.304. The first-order valence-corrected chi connectivity index (χ1v) is 12.0. The summed E-state index contributed by atoms with van der Waals surface area (Å²) in [6.45, 7) is 1.12. The van der Waals surface area contributed by atoms with Gasteiger partial charge in [-0.25, -0.2) is 9.48 Å². The van der Waals surface area contributed by atoms with Crippen molar-refractivity contribution in [3.63, 3.8) is 0 Å². The fourth-order valence-electron chi connectivity index (χ4n) is 3.97. The molecule has 2 heterocycles. The third-order valence-electron chi connectivity index (χ3n) is 5.57. The van der Waals surface area contributed by atoms with Crippen LogP contribution in [-0.2, 0) is 16.1 Å². The molecule has 10 heteroatoms. The highest BCUT2D eigenvalue weighted by Gasteiger charge is 2.38. The number of carbonyl (C=O) groups is 2. The molecule has 0 bridgehead atoms. The molecule has 1 aromatic heterocycles. The van der Waals surface area contributed by atoms with Crippen molar-refractivity contribution < 1.29 is 14.3 Å². The zero-order valence-corrected chi connectivity index (χ0v) is 19.8. The van der Waals surface area contributed by atoms with Gasteiger partial charge in [0.05, 0.1) is 25.4 Å². The molecular formula is C23H24ClN5O3S. The number of esters is 1. The second kappa shape index (κ2) is 10.4. The van der Waals surface area contributed by atoms with Gasteiger partial charge in [-0.3, -0.25) is 9.69 Å². The van der Waals surface area contributed by atoms with Crippen LogP contribution < -0.4 is 5.32 Å². The topological polar surface area (TPSA) is 89.4 Å². The van der Waals surface area contributed by atoms with Gasteiger partial charge < -0.3 is 10.1 Å². The predicted octanol–water partition coefficient (Wildman–Crippen LogP) is 3.89. The predicted molar refractivity (Wildman–Crippen MR) is 128 cm³/mol. The van der Waals surface area contributed by atoms with E-state index in [9.17, 15) is 9.59 Å². The maximum absolute atomic E-state index is 13.3. The van der Waals surface area contributed by atoms with Crippen LogP contribution in [0.5, 0.6) is 0 Å². The van der Waals surface area contributed by atoms with Gasteiger partial charge in [-0.05, 0) is 48.6 Å². The number of methoxy groups -OCH3 is 1. The standard InChI is InChI=1S/C23H24ClN5O3S/c1-32-23(31)20-14-29(27-26-20)18-11-21(22(30)25-17-7-4-8-19(10-17)33-2)28(13-18)12-15-5-3-6-16(24)9-15/h3-10,14,18,21H,11-13H2,1-2H3,(H,25,30)/t18-,21-/m0/s1. The highest BCUT2D eigenvalue weighted by Crippen LogP contribution is 2.30. The third kappa shape index (κ3) is 5.55. The van der Waals surface area contributed by atoms with E-state index in [1.807, 2.05) is 54.8 Å². The highest BCUT2D eigenvalue weighted by atomic mass is 35.5. The Morgan fingerprint density at radius 3 is 2.82 bits per heavy atom.